The van der Waals surface area contributed by atoms with E-state index >= 15 is 0 Å². The fourth-order valence-electron chi connectivity index (χ4n) is 4.83. The molecule has 1 N–H and O–H groups in total. The zero-order valence-corrected chi connectivity index (χ0v) is 23.7. The summed E-state index contributed by atoms with van der Waals surface area (Å²) in [6.45, 7) is 5.32. The number of aryl methyl sites for hydroxylation is 2. The lowest BCUT2D eigenvalue weighted by molar-refractivity contribution is -0.139. The molecule has 0 aromatic heterocycles. The Hall–Kier alpha value is -3.65. The molecule has 39 heavy (non-hydrogen) atoms. The Balaban J connectivity index is 1.66. The highest BCUT2D eigenvalue weighted by Gasteiger charge is 2.33. The summed E-state index contributed by atoms with van der Waals surface area (Å²) in [6, 6.07) is 22.3. The molecule has 7 nitrogen and oxygen atoms in total. The van der Waals surface area contributed by atoms with Gasteiger partial charge in [0.25, 0.3) is 10.0 Å². The van der Waals surface area contributed by atoms with Gasteiger partial charge in [-0.3, -0.25) is 13.9 Å². The molecule has 0 saturated heterocycles. The lowest BCUT2D eigenvalue weighted by Gasteiger charge is -2.32. The SMILES string of the molecule is Cc1ccc(CN(C(=O)CN(c2ccccc2)S(=O)(=O)c2ccc(C)cc2)[C@H](C)C(=O)NC2CCCC2)cc1. The Kier molecular flexibility index (Phi) is 9.07. The normalized spacial score (nSPS) is 14.5. The zero-order chi connectivity index (χ0) is 28.0. The fraction of sp³-hybridized carbons (Fsp3) is 0.355. The van der Waals surface area contributed by atoms with Gasteiger partial charge in [-0.25, -0.2) is 8.42 Å². The summed E-state index contributed by atoms with van der Waals surface area (Å²) >= 11 is 0. The molecule has 0 unspecified atom stereocenters. The quantitative estimate of drug-likeness (QED) is 0.388. The Morgan fingerprint density at radius 1 is 0.872 bits per heavy atom. The van der Waals surface area contributed by atoms with Crippen LogP contribution in [0.5, 0.6) is 0 Å². The van der Waals surface area contributed by atoms with Crippen molar-refractivity contribution in [3.8, 4) is 0 Å². The molecule has 1 atom stereocenters. The van der Waals surface area contributed by atoms with E-state index < -0.39 is 28.5 Å². The van der Waals surface area contributed by atoms with Crippen LogP contribution in [0.15, 0.2) is 83.8 Å². The van der Waals surface area contributed by atoms with Gasteiger partial charge in [-0.05, 0) is 63.4 Å². The number of hydrogen-bond donors (Lipinski definition) is 1. The molecule has 4 rings (SSSR count). The van der Waals surface area contributed by atoms with Crippen molar-refractivity contribution in [3.05, 3.63) is 95.6 Å². The summed E-state index contributed by atoms with van der Waals surface area (Å²) in [4.78, 5) is 28.8. The van der Waals surface area contributed by atoms with Crippen LogP contribution in [0.3, 0.4) is 0 Å². The molecule has 0 spiro atoms. The molecule has 0 aliphatic heterocycles. The van der Waals surface area contributed by atoms with Crippen LogP contribution in [-0.2, 0) is 26.2 Å². The summed E-state index contributed by atoms with van der Waals surface area (Å²) in [5, 5.41) is 3.09. The highest BCUT2D eigenvalue weighted by Crippen LogP contribution is 2.25. The van der Waals surface area contributed by atoms with Gasteiger partial charge in [0.15, 0.2) is 0 Å². The number of carbonyl (C=O) groups is 2. The summed E-state index contributed by atoms with van der Waals surface area (Å²) in [5.74, 6) is -0.681. The third-order valence-corrected chi connectivity index (χ3v) is 9.06. The van der Waals surface area contributed by atoms with Gasteiger partial charge in [0.2, 0.25) is 11.8 Å². The first-order valence-electron chi connectivity index (χ1n) is 13.4. The molecular formula is C31H37N3O4S. The first-order chi connectivity index (χ1) is 18.6. The number of benzene rings is 3. The molecule has 8 heteroatoms. The first-order valence-corrected chi connectivity index (χ1v) is 14.9. The van der Waals surface area contributed by atoms with Crippen molar-refractivity contribution in [2.75, 3.05) is 10.8 Å². The number of amides is 2. The topological polar surface area (TPSA) is 86.8 Å². The predicted molar refractivity (Wildman–Crippen MR) is 154 cm³/mol. The molecule has 2 amide bonds. The number of nitrogens with one attached hydrogen (secondary N) is 1. The number of sulfonamides is 1. The van der Waals surface area contributed by atoms with Crippen LogP contribution in [0.2, 0.25) is 0 Å². The number of rotatable bonds is 10. The van der Waals surface area contributed by atoms with Crippen molar-refractivity contribution in [1.82, 2.24) is 10.2 Å². The van der Waals surface area contributed by atoms with Gasteiger partial charge < -0.3 is 10.2 Å². The van der Waals surface area contributed by atoms with Crippen molar-refractivity contribution in [2.24, 2.45) is 0 Å². The largest absolute Gasteiger partial charge is 0.352 e. The second-order valence-electron chi connectivity index (χ2n) is 10.3. The van der Waals surface area contributed by atoms with Crippen LogP contribution < -0.4 is 9.62 Å². The first kappa shape index (κ1) is 28.4. The number of carbonyl (C=O) groups excluding carboxylic acids is 2. The van der Waals surface area contributed by atoms with E-state index in [4.69, 9.17) is 0 Å². The Bertz CT molecular complexity index is 1370. The predicted octanol–water partition coefficient (Wildman–Crippen LogP) is 4.97. The number of nitrogens with zero attached hydrogens (tertiary/aromatic N) is 2. The maximum Gasteiger partial charge on any atom is 0.264 e. The number of hydrogen-bond acceptors (Lipinski definition) is 4. The lowest BCUT2D eigenvalue weighted by Crippen LogP contribution is -2.52. The standard InChI is InChI=1S/C31H37N3O4S/c1-23-13-17-26(18-14-23)21-33(25(3)31(36)32-27-9-7-8-10-27)30(35)22-34(28-11-5-4-6-12-28)39(37,38)29-19-15-24(2)16-20-29/h4-6,11-20,25,27H,7-10,21-22H2,1-3H3,(H,32,36)/t25-/m1/s1. The Labute approximate surface area is 231 Å². The average Bonchev–Trinajstić information content (AvgIpc) is 3.44. The van der Waals surface area contributed by atoms with Crippen molar-refractivity contribution in [1.29, 1.82) is 0 Å². The number of para-hydroxylation sites is 1. The van der Waals surface area contributed by atoms with Crippen LogP contribution in [-0.4, -0.2) is 43.8 Å². The second-order valence-corrected chi connectivity index (χ2v) is 12.2. The van der Waals surface area contributed by atoms with E-state index in [-0.39, 0.29) is 23.4 Å². The van der Waals surface area contributed by atoms with E-state index in [9.17, 15) is 18.0 Å². The Morgan fingerprint density at radius 3 is 2.03 bits per heavy atom. The molecule has 0 heterocycles. The van der Waals surface area contributed by atoms with Crippen LogP contribution >= 0.6 is 0 Å². The third-order valence-electron chi connectivity index (χ3n) is 7.27. The van der Waals surface area contributed by atoms with Crippen LogP contribution in [0.25, 0.3) is 0 Å². The molecular weight excluding hydrogens is 510 g/mol. The lowest BCUT2D eigenvalue weighted by atomic mass is 10.1. The molecule has 3 aromatic rings. The van der Waals surface area contributed by atoms with E-state index in [1.54, 1.807) is 61.5 Å². The van der Waals surface area contributed by atoms with Crippen molar-refractivity contribution < 1.29 is 18.0 Å². The smallest absolute Gasteiger partial charge is 0.264 e. The van der Waals surface area contributed by atoms with E-state index in [2.05, 4.69) is 5.32 Å². The molecule has 1 aliphatic carbocycles. The molecule has 3 aromatic carbocycles. The zero-order valence-electron chi connectivity index (χ0n) is 22.8. The monoisotopic (exact) mass is 547 g/mol. The van der Waals surface area contributed by atoms with E-state index in [0.29, 0.717) is 5.69 Å². The van der Waals surface area contributed by atoms with Gasteiger partial charge in [0, 0.05) is 12.6 Å². The molecule has 1 fully saturated rings. The maximum absolute atomic E-state index is 14.0. The van der Waals surface area contributed by atoms with Gasteiger partial charge >= 0.3 is 0 Å². The van der Waals surface area contributed by atoms with Crippen molar-refractivity contribution >= 4 is 27.5 Å². The van der Waals surface area contributed by atoms with Crippen molar-refractivity contribution in [2.45, 2.75) is 70.0 Å². The van der Waals surface area contributed by atoms with E-state index in [0.717, 1.165) is 46.7 Å². The van der Waals surface area contributed by atoms with Crippen LogP contribution in [0.4, 0.5) is 5.69 Å². The molecule has 1 saturated carbocycles. The van der Waals surface area contributed by atoms with E-state index in [1.807, 2.05) is 38.1 Å². The summed E-state index contributed by atoms with van der Waals surface area (Å²) < 4.78 is 28.7. The minimum absolute atomic E-state index is 0.0989. The second kappa shape index (κ2) is 12.5. The molecule has 206 valence electrons. The maximum atomic E-state index is 14.0. The highest BCUT2D eigenvalue weighted by molar-refractivity contribution is 7.92. The van der Waals surface area contributed by atoms with Gasteiger partial charge in [-0.2, -0.15) is 0 Å². The number of anilines is 1. The van der Waals surface area contributed by atoms with Crippen LogP contribution in [0.1, 0.15) is 49.3 Å². The fourth-order valence-corrected chi connectivity index (χ4v) is 6.24. The molecule has 0 bridgehead atoms. The van der Waals surface area contributed by atoms with Crippen molar-refractivity contribution in [3.63, 3.8) is 0 Å². The van der Waals surface area contributed by atoms with Gasteiger partial charge in [0.05, 0.1) is 10.6 Å². The Morgan fingerprint density at radius 2 is 1.44 bits per heavy atom. The summed E-state index contributed by atoms with van der Waals surface area (Å²) in [5.41, 5.74) is 3.26. The van der Waals surface area contributed by atoms with Crippen LogP contribution in [0, 0.1) is 13.8 Å². The average molecular weight is 548 g/mol. The highest BCUT2D eigenvalue weighted by atomic mass is 32.2. The van der Waals surface area contributed by atoms with Gasteiger partial charge in [0.1, 0.15) is 12.6 Å². The van der Waals surface area contributed by atoms with Gasteiger partial charge in [-0.15, -0.1) is 0 Å². The third kappa shape index (κ3) is 7.06. The summed E-state index contributed by atoms with van der Waals surface area (Å²) in [7, 11) is -4.06. The molecule has 1 aliphatic rings. The molecule has 0 radical (unpaired) electrons. The summed E-state index contributed by atoms with van der Waals surface area (Å²) in [6.07, 6.45) is 4.02. The minimum atomic E-state index is -4.06. The van der Waals surface area contributed by atoms with Gasteiger partial charge in [-0.1, -0.05) is 78.6 Å². The van der Waals surface area contributed by atoms with E-state index in [1.165, 1.54) is 4.90 Å². The minimum Gasteiger partial charge on any atom is -0.352 e.